The Labute approximate surface area is 205 Å². The normalized spacial score (nSPS) is 16.6. The van der Waals surface area contributed by atoms with Gasteiger partial charge in [0.05, 0.1) is 0 Å². The molecule has 0 bridgehead atoms. The lowest BCUT2D eigenvalue weighted by Gasteiger charge is -2.32. The van der Waals surface area contributed by atoms with E-state index in [1.54, 1.807) is 6.08 Å². The summed E-state index contributed by atoms with van der Waals surface area (Å²) in [5.41, 5.74) is 5.48. The van der Waals surface area contributed by atoms with E-state index in [0.29, 0.717) is 0 Å². The summed E-state index contributed by atoms with van der Waals surface area (Å²) in [5, 5.41) is 0. The number of aldehydes is 1. The molecule has 0 aromatic carbocycles. The van der Waals surface area contributed by atoms with E-state index in [4.69, 9.17) is 9.47 Å². The SMILES string of the molecule is CC1=C(/C=C/C(C)=C/C=C/C(C)=C/C=O)C(C)(C)CCC1.CCCC.CCOC(C)OCC. The van der Waals surface area contributed by atoms with Crippen molar-refractivity contribution >= 4 is 6.29 Å². The van der Waals surface area contributed by atoms with Crippen LogP contribution in [-0.2, 0) is 14.3 Å². The Morgan fingerprint density at radius 1 is 0.970 bits per heavy atom. The van der Waals surface area contributed by atoms with Crippen LogP contribution in [0.15, 0.2) is 58.7 Å². The van der Waals surface area contributed by atoms with E-state index in [9.17, 15) is 4.79 Å². The second-order valence-electron chi connectivity index (χ2n) is 9.06. The van der Waals surface area contributed by atoms with Crippen molar-refractivity contribution in [1.82, 2.24) is 0 Å². The van der Waals surface area contributed by atoms with Gasteiger partial charge in [0.1, 0.15) is 6.29 Å². The van der Waals surface area contributed by atoms with Gasteiger partial charge in [-0.2, -0.15) is 0 Å². The zero-order valence-electron chi connectivity index (χ0n) is 23.3. The third kappa shape index (κ3) is 18.4. The van der Waals surface area contributed by atoms with Crippen molar-refractivity contribution in [2.45, 2.75) is 108 Å². The van der Waals surface area contributed by atoms with E-state index in [-0.39, 0.29) is 11.7 Å². The summed E-state index contributed by atoms with van der Waals surface area (Å²) in [6, 6.07) is 0. The van der Waals surface area contributed by atoms with Crippen molar-refractivity contribution in [3.63, 3.8) is 0 Å². The fraction of sp³-hybridized carbons (Fsp3) is 0.633. The van der Waals surface area contributed by atoms with Crippen molar-refractivity contribution < 1.29 is 14.3 Å². The number of ether oxygens (including phenoxy) is 2. The minimum atomic E-state index is -0.0370. The van der Waals surface area contributed by atoms with Crippen LogP contribution in [0.25, 0.3) is 0 Å². The molecule has 0 N–H and O–H groups in total. The Morgan fingerprint density at radius 2 is 1.52 bits per heavy atom. The molecular weight excluding hydrogens is 408 g/mol. The summed E-state index contributed by atoms with van der Waals surface area (Å²) in [4.78, 5) is 10.3. The van der Waals surface area contributed by atoms with Gasteiger partial charge < -0.3 is 9.47 Å². The van der Waals surface area contributed by atoms with Gasteiger partial charge in [-0.15, -0.1) is 0 Å². The van der Waals surface area contributed by atoms with E-state index in [1.165, 1.54) is 48.8 Å². The van der Waals surface area contributed by atoms with Crippen molar-refractivity contribution in [3.8, 4) is 0 Å². The third-order valence-electron chi connectivity index (χ3n) is 5.41. The molecule has 0 spiro atoms. The maximum absolute atomic E-state index is 10.3. The van der Waals surface area contributed by atoms with Gasteiger partial charge in [0.25, 0.3) is 0 Å². The van der Waals surface area contributed by atoms with Crippen molar-refractivity contribution in [2.24, 2.45) is 5.41 Å². The highest BCUT2D eigenvalue weighted by Crippen LogP contribution is 2.40. The van der Waals surface area contributed by atoms with Gasteiger partial charge >= 0.3 is 0 Å². The molecule has 0 radical (unpaired) electrons. The standard InChI is InChI=1S/C20H28O.C6H14O2.C4H10/c1-16(8-6-9-17(2)13-15-21)11-12-19-18(3)10-7-14-20(19,4)5;1-4-7-6(3)8-5-2;1-3-4-2/h6,8-9,11-13,15H,7,10,14H2,1-5H3;6H,4-5H2,1-3H3;3-4H2,1-2H3/b9-6+,12-11+,16-8+,17-13+;;. The maximum atomic E-state index is 10.3. The number of allylic oxidation sites excluding steroid dienone is 10. The summed E-state index contributed by atoms with van der Waals surface area (Å²) in [6.45, 7) is 22.6. The van der Waals surface area contributed by atoms with E-state index >= 15 is 0 Å². The minimum absolute atomic E-state index is 0.0370. The first-order valence-corrected chi connectivity index (χ1v) is 12.7. The Hall–Kier alpha value is -1.71. The van der Waals surface area contributed by atoms with Gasteiger partial charge in [-0.1, -0.05) is 82.1 Å². The molecule has 0 unspecified atom stereocenters. The number of hydrogen-bond acceptors (Lipinski definition) is 3. The highest BCUT2D eigenvalue weighted by Gasteiger charge is 2.26. The molecule has 3 heteroatoms. The average Bonchev–Trinajstić information content (AvgIpc) is 2.74. The van der Waals surface area contributed by atoms with Crippen LogP contribution in [0.3, 0.4) is 0 Å². The lowest BCUT2D eigenvalue weighted by atomic mass is 9.72. The highest BCUT2D eigenvalue weighted by atomic mass is 16.7. The van der Waals surface area contributed by atoms with Crippen molar-refractivity contribution in [1.29, 1.82) is 0 Å². The predicted octanol–water partition coefficient (Wildman–Crippen LogP) is 8.93. The first kappa shape index (κ1) is 33.5. The quantitative estimate of drug-likeness (QED) is 0.141. The van der Waals surface area contributed by atoms with E-state index in [0.717, 1.165) is 25.1 Å². The van der Waals surface area contributed by atoms with Gasteiger partial charge in [-0.25, -0.2) is 0 Å². The van der Waals surface area contributed by atoms with Gasteiger partial charge in [-0.3, -0.25) is 4.79 Å². The fourth-order valence-corrected chi connectivity index (χ4v) is 3.31. The van der Waals surface area contributed by atoms with E-state index in [1.807, 2.05) is 39.8 Å². The number of rotatable bonds is 10. The first-order chi connectivity index (χ1) is 15.6. The largest absolute Gasteiger partial charge is 0.353 e. The maximum Gasteiger partial charge on any atom is 0.154 e. The van der Waals surface area contributed by atoms with Gasteiger partial charge in [-0.05, 0) is 83.4 Å². The van der Waals surface area contributed by atoms with Crippen LogP contribution in [-0.4, -0.2) is 25.8 Å². The molecule has 0 saturated heterocycles. The Morgan fingerprint density at radius 3 is 1.97 bits per heavy atom. The van der Waals surface area contributed by atoms with E-state index in [2.05, 4.69) is 59.8 Å². The second-order valence-corrected chi connectivity index (χ2v) is 9.06. The van der Waals surface area contributed by atoms with Gasteiger partial charge in [0, 0.05) is 13.2 Å². The predicted molar refractivity (Wildman–Crippen MR) is 145 cm³/mol. The molecule has 33 heavy (non-hydrogen) atoms. The summed E-state index contributed by atoms with van der Waals surface area (Å²) in [6.07, 6.45) is 19.3. The highest BCUT2D eigenvalue weighted by molar-refractivity contribution is 5.66. The van der Waals surface area contributed by atoms with Crippen molar-refractivity contribution in [3.05, 3.63) is 58.7 Å². The Kier molecular flexibility index (Phi) is 21.2. The van der Waals surface area contributed by atoms with Gasteiger partial charge in [0.15, 0.2) is 6.29 Å². The summed E-state index contributed by atoms with van der Waals surface area (Å²) in [5.74, 6) is 0. The molecular formula is C30H52O3. The van der Waals surface area contributed by atoms with Crippen LogP contribution in [0.4, 0.5) is 0 Å². The molecule has 0 aromatic heterocycles. The molecule has 3 nitrogen and oxygen atoms in total. The summed E-state index contributed by atoms with van der Waals surface area (Å²) in [7, 11) is 0. The zero-order valence-corrected chi connectivity index (χ0v) is 23.3. The average molecular weight is 461 g/mol. The van der Waals surface area contributed by atoms with Crippen LogP contribution < -0.4 is 0 Å². The molecule has 1 aliphatic rings. The Balaban J connectivity index is 0. The minimum Gasteiger partial charge on any atom is -0.353 e. The lowest BCUT2D eigenvalue weighted by Crippen LogP contribution is -2.19. The lowest BCUT2D eigenvalue weighted by molar-refractivity contribution is -0.123. The van der Waals surface area contributed by atoms with Crippen LogP contribution in [0.1, 0.15) is 101 Å². The molecule has 0 aliphatic heterocycles. The van der Waals surface area contributed by atoms with Crippen LogP contribution >= 0.6 is 0 Å². The summed E-state index contributed by atoms with van der Waals surface area (Å²) >= 11 is 0. The number of unbranched alkanes of at least 4 members (excludes halogenated alkanes) is 1. The second kappa shape index (κ2) is 20.9. The monoisotopic (exact) mass is 460 g/mol. The molecule has 0 amide bonds. The molecule has 0 heterocycles. The third-order valence-corrected chi connectivity index (χ3v) is 5.41. The zero-order chi connectivity index (χ0) is 25.7. The molecule has 190 valence electrons. The van der Waals surface area contributed by atoms with Crippen molar-refractivity contribution in [2.75, 3.05) is 13.2 Å². The topological polar surface area (TPSA) is 35.5 Å². The molecule has 1 aliphatic carbocycles. The molecule has 0 atom stereocenters. The smallest absolute Gasteiger partial charge is 0.154 e. The van der Waals surface area contributed by atoms with Crippen LogP contribution in [0.5, 0.6) is 0 Å². The van der Waals surface area contributed by atoms with Gasteiger partial charge in [0.2, 0.25) is 0 Å². The fourth-order valence-electron chi connectivity index (χ4n) is 3.31. The number of carbonyl (C=O) groups excluding carboxylic acids is 1. The molecule has 0 aromatic rings. The molecule has 1 rings (SSSR count). The first-order valence-electron chi connectivity index (χ1n) is 12.7. The Bertz CT molecular complexity index is 652. The number of hydrogen-bond donors (Lipinski definition) is 0. The molecule has 0 saturated carbocycles. The summed E-state index contributed by atoms with van der Waals surface area (Å²) < 4.78 is 10.1. The van der Waals surface area contributed by atoms with Crippen LogP contribution in [0.2, 0.25) is 0 Å². The van der Waals surface area contributed by atoms with Crippen LogP contribution in [0, 0.1) is 5.41 Å². The number of carbonyl (C=O) groups is 1. The van der Waals surface area contributed by atoms with E-state index < -0.39 is 0 Å². The molecule has 0 fully saturated rings.